The highest BCUT2D eigenvalue weighted by Gasteiger charge is 2.38. The Bertz CT molecular complexity index is 680. The lowest BCUT2D eigenvalue weighted by Gasteiger charge is -2.23. The Morgan fingerprint density at radius 3 is 2.60 bits per heavy atom. The van der Waals surface area contributed by atoms with Gasteiger partial charge in [0.2, 0.25) is 0 Å². The molecule has 4 nitrogen and oxygen atoms in total. The molecule has 0 saturated heterocycles. The van der Waals surface area contributed by atoms with Crippen LogP contribution in [0.3, 0.4) is 0 Å². The van der Waals surface area contributed by atoms with Gasteiger partial charge in [0.25, 0.3) is 11.8 Å². The van der Waals surface area contributed by atoms with Gasteiger partial charge >= 0.3 is 0 Å². The van der Waals surface area contributed by atoms with Crippen LogP contribution in [0.4, 0.5) is 0 Å². The average molecular weight is 331 g/mol. The topological polar surface area (TPSA) is 50.3 Å². The van der Waals surface area contributed by atoms with Gasteiger partial charge in [0.05, 0.1) is 17.2 Å². The Labute approximate surface area is 124 Å². The van der Waals surface area contributed by atoms with Crippen LogP contribution in [-0.2, 0) is 0 Å². The molecule has 2 aromatic rings. The van der Waals surface area contributed by atoms with E-state index in [4.69, 9.17) is 0 Å². The first-order chi connectivity index (χ1) is 9.59. The van der Waals surface area contributed by atoms with Crippen LogP contribution in [0.1, 0.15) is 39.2 Å². The summed E-state index contributed by atoms with van der Waals surface area (Å²) in [5.74, 6) is -0.551. The van der Waals surface area contributed by atoms with E-state index in [1.54, 1.807) is 6.07 Å². The summed E-state index contributed by atoms with van der Waals surface area (Å²) < 4.78 is 0.917. The minimum atomic E-state index is -0.320. The first-order valence-corrected chi connectivity index (χ1v) is 6.96. The first kappa shape index (κ1) is 13.0. The summed E-state index contributed by atoms with van der Waals surface area (Å²) in [6.45, 7) is 1.84. The number of hydrogen-bond acceptors (Lipinski definition) is 3. The van der Waals surface area contributed by atoms with Gasteiger partial charge in [-0.25, -0.2) is 0 Å². The van der Waals surface area contributed by atoms with Gasteiger partial charge in [-0.05, 0) is 30.7 Å². The number of nitrogens with zero attached hydrogens (tertiary/aromatic N) is 2. The molecule has 20 heavy (non-hydrogen) atoms. The zero-order valence-corrected chi connectivity index (χ0v) is 12.3. The molecule has 1 aliphatic rings. The van der Waals surface area contributed by atoms with Gasteiger partial charge in [-0.1, -0.05) is 28.1 Å². The van der Waals surface area contributed by atoms with E-state index in [9.17, 15) is 9.59 Å². The summed E-state index contributed by atoms with van der Waals surface area (Å²) >= 11 is 3.40. The largest absolute Gasteiger partial charge is 0.269 e. The van der Waals surface area contributed by atoms with Gasteiger partial charge in [-0.2, -0.15) is 0 Å². The van der Waals surface area contributed by atoms with Gasteiger partial charge in [0.1, 0.15) is 0 Å². The molecule has 0 fully saturated rings. The van der Waals surface area contributed by atoms with Crippen LogP contribution in [0.15, 0.2) is 47.2 Å². The van der Waals surface area contributed by atoms with Crippen LogP contribution in [0.2, 0.25) is 0 Å². The summed E-state index contributed by atoms with van der Waals surface area (Å²) in [5, 5.41) is 0. The molecule has 0 saturated carbocycles. The number of halogens is 1. The number of carbonyl (C=O) groups is 2. The van der Waals surface area contributed by atoms with Crippen LogP contribution in [0.5, 0.6) is 0 Å². The average Bonchev–Trinajstić information content (AvgIpc) is 2.71. The maximum Gasteiger partial charge on any atom is 0.263 e. The molecule has 2 amide bonds. The smallest absolute Gasteiger partial charge is 0.263 e. The van der Waals surface area contributed by atoms with Crippen LogP contribution in [0.25, 0.3) is 0 Å². The Hall–Kier alpha value is -2.01. The zero-order valence-electron chi connectivity index (χ0n) is 10.7. The Balaban J connectivity index is 2.01. The monoisotopic (exact) mass is 330 g/mol. The molecule has 1 atom stereocenters. The van der Waals surface area contributed by atoms with Crippen molar-refractivity contribution in [1.29, 1.82) is 0 Å². The lowest BCUT2D eigenvalue weighted by atomic mass is 10.1. The second-order valence-electron chi connectivity index (χ2n) is 4.63. The fourth-order valence-electron chi connectivity index (χ4n) is 2.37. The van der Waals surface area contributed by atoms with E-state index in [0.717, 1.165) is 10.0 Å². The summed E-state index contributed by atoms with van der Waals surface area (Å²) in [7, 11) is 0. The molecule has 0 N–H and O–H groups in total. The quantitative estimate of drug-likeness (QED) is 0.794. The predicted octanol–water partition coefficient (Wildman–Crippen LogP) is 3.20. The third kappa shape index (κ3) is 1.94. The normalized spacial score (nSPS) is 15.4. The Morgan fingerprint density at radius 2 is 1.90 bits per heavy atom. The van der Waals surface area contributed by atoms with Gasteiger partial charge in [-0.15, -0.1) is 0 Å². The maximum atomic E-state index is 12.4. The fraction of sp³-hybridized carbons (Fsp3) is 0.133. The van der Waals surface area contributed by atoms with Crippen molar-refractivity contribution in [1.82, 2.24) is 9.88 Å². The van der Waals surface area contributed by atoms with E-state index < -0.39 is 0 Å². The number of benzene rings is 1. The third-order valence-corrected chi connectivity index (χ3v) is 3.93. The van der Waals surface area contributed by atoms with Gasteiger partial charge in [0.15, 0.2) is 0 Å². The van der Waals surface area contributed by atoms with E-state index in [-0.39, 0.29) is 17.9 Å². The van der Waals surface area contributed by atoms with Crippen molar-refractivity contribution < 1.29 is 9.59 Å². The lowest BCUT2D eigenvalue weighted by Crippen LogP contribution is -2.32. The fourth-order valence-corrected chi connectivity index (χ4v) is 2.79. The summed E-state index contributed by atoms with van der Waals surface area (Å²) in [6.07, 6.45) is 2.97. The number of rotatable bonds is 2. The second-order valence-corrected chi connectivity index (χ2v) is 5.55. The Kier molecular flexibility index (Phi) is 3.14. The van der Waals surface area contributed by atoms with Crippen molar-refractivity contribution in [3.05, 3.63) is 63.9 Å². The van der Waals surface area contributed by atoms with E-state index in [2.05, 4.69) is 20.9 Å². The molecule has 0 radical (unpaired) electrons. The van der Waals surface area contributed by atoms with Crippen molar-refractivity contribution in [2.24, 2.45) is 0 Å². The van der Waals surface area contributed by atoms with E-state index in [1.807, 2.05) is 31.2 Å². The van der Waals surface area contributed by atoms with Gasteiger partial charge in [0, 0.05) is 16.9 Å². The van der Waals surface area contributed by atoms with E-state index >= 15 is 0 Å². The number of pyridine rings is 1. The highest BCUT2D eigenvalue weighted by atomic mass is 79.9. The number of fused-ring (bicyclic) bond motifs is 1. The molecule has 0 spiro atoms. The van der Waals surface area contributed by atoms with Crippen molar-refractivity contribution in [2.45, 2.75) is 13.0 Å². The first-order valence-electron chi connectivity index (χ1n) is 6.17. The highest BCUT2D eigenvalue weighted by Crippen LogP contribution is 2.31. The molecule has 1 aliphatic heterocycles. The number of hydrogen-bond donors (Lipinski definition) is 0. The summed E-state index contributed by atoms with van der Waals surface area (Å²) in [5.41, 5.74) is 1.70. The molecule has 1 unspecified atom stereocenters. The van der Waals surface area contributed by atoms with Crippen LogP contribution < -0.4 is 0 Å². The molecule has 0 bridgehead atoms. The predicted molar refractivity (Wildman–Crippen MR) is 77.3 cm³/mol. The van der Waals surface area contributed by atoms with Crippen LogP contribution >= 0.6 is 15.9 Å². The number of imide groups is 1. The molecule has 1 aromatic carbocycles. The SMILES string of the molecule is CC(c1cccc(Br)c1)N1C(=O)c2ccncc2C1=O. The van der Waals surface area contributed by atoms with Gasteiger partial charge in [-0.3, -0.25) is 19.5 Å². The molecule has 5 heteroatoms. The van der Waals surface area contributed by atoms with Crippen molar-refractivity contribution >= 4 is 27.7 Å². The number of aromatic nitrogens is 1. The van der Waals surface area contributed by atoms with E-state index in [1.165, 1.54) is 17.3 Å². The van der Waals surface area contributed by atoms with Crippen molar-refractivity contribution in [2.75, 3.05) is 0 Å². The van der Waals surface area contributed by atoms with E-state index in [0.29, 0.717) is 11.1 Å². The Morgan fingerprint density at radius 1 is 1.15 bits per heavy atom. The van der Waals surface area contributed by atoms with Crippen molar-refractivity contribution in [3.63, 3.8) is 0 Å². The molecule has 2 heterocycles. The van der Waals surface area contributed by atoms with Crippen molar-refractivity contribution in [3.8, 4) is 0 Å². The van der Waals surface area contributed by atoms with Gasteiger partial charge < -0.3 is 0 Å². The summed E-state index contributed by atoms with van der Waals surface area (Å²) in [6, 6.07) is 8.87. The molecular formula is C15H11BrN2O2. The molecule has 100 valence electrons. The standard InChI is InChI=1S/C15H11BrN2O2/c1-9(10-3-2-4-11(16)7-10)18-14(19)12-5-6-17-8-13(12)15(18)20/h2-9H,1H3. The third-order valence-electron chi connectivity index (χ3n) is 3.44. The zero-order chi connectivity index (χ0) is 14.3. The minimum Gasteiger partial charge on any atom is -0.269 e. The molecular weight excluding hydrogens is 320 g/mol. The molecule has 3 rings (SSSR count). The molecule has 0 aliphatic carbocycles. The maximum absolute atomic E-state index is 12.4. The summed E-state index contributed by atoms with van der Waals surface area (Å²) in [4.78, 5) is 29.9. The van der Waals surface area contributed by atoms with Crippen LogP contribution in [0, 0.1) is 0 Å². The number of amides is 2. The van der Waals surface area contributed by atoms with Crippen LogP contribution in [-0.4, -0.2) is 21.7 Å². The highest BCUT2D eigenvalue weighted by molar-refractivity contribution is 9.10. The number of carbonyl (C=O) groups excluding carboxylic acids is 2. The minimum absolute atomic E-state index is 0.264. The molecule has 1 aromatic heterocycles. The lowest BCUT2D eigenvalue weighted by molar-refractivity contribution is 0.0595. The second kappa shape index (κ2) is 4.83.